The average molecular weight is 450 g/mol. The minimum Gasteiger partial charge on any atom is -0.395 e. The number of β-amino-alcohol motifs (C(OH)–C–C–N with tert-alkyl or cyclic N) is 1. The summed E-state index contributed by atoms with van der Waals surface area (Å²) in [4.78, 5) is 42.8. The van der Waals surface area contributed by atoms with Crippen molar-refractivity contribution in [3.8, 4) is 0 Å². The van der Waals surface area contributed by atoms with Crippen molar-refractivity contribution in [2.24, 2.45) is 0 Å². The third kappa shape index (κ3) is 4.64. The first-order valence-electron chi connectivity index (χ1n) is 10.9. The van der Waals surface area contributed by atoms with Crippen molar-refractivity contribution < 1.29 is 19.6 Å². The molecule has 0 aromatic heterocycles. The Morgan fingerprint density at radius 1 is 0.939 bits per heavy atom. The third-order valence-corrected chi connectivity index (χ3v) is 6.08. The van der Waals surface area contributed by atoms with E-state index in [4.69, 9.17) is 0 Å². The molecule has 2 aliphatic heterocycles. The lowest BCUT2D eigenvalue weighted by molar-refractivity contribution is -0.384. The fourth-order valence-corrected chi connectivity index (χ4v) is 4.22. The normalized spacial score (nSPS) is 17.3. The summed E-state index contributed by atoms with van der Waals surface area (Å²) in [6, 6.07) is 13.4. The molecular weight excluding hydrogens is 424 g/mol. The molecule has 1 saturated heterocycles. The maximum atomic E-state index is 13.5. The number of non-ortho nitro benzene ring substituents is 1. The van der Waals surface area contributed by atoms with E-state index in [1.54, 1.807) is 0 Å². The highest BCUT2D eigenvalue weighted by atomic mass is 16.6. The number of aryl methyl sites for hydroxylation is 1. The molecule has 0 saturated carbocycles. The number of aliphatic hydroxyl groups is 1. The molecule has 2 aromatic rings. The van der Waals surface area contributed by atoms with E-state index in [9.17, 15) is 24.8 Å². The zero-order valence-electron chi connectivity index (χ0n) is 18.4. The van der Waals surface area contributed by atoms with Crippen molar-refractivity contribution in [2.45, 2.75) is 13.5 Å². The first kappa shape index (κ1) is 22.6. The van der Waals surface area contributed by atoms with Crippen LogP contribution in [0.25, 0.3) is 5.57 Å². The van der Waals surface area contributed by atoms with Gasteiger partial charge in [0.2, 0.25) is 0 Å². The van der Waals surface area contributed by atoms with Crippen LogP contribution in [0.15, 0.2) is 54.2 Å². The average Bonchev–Trinajstić information content (AvgIpc) is 3.06. The molecule has 0 spiro atoms. The number of nitro groups is 1. The van der Waals surface area contributed by atoms with Crippen LogP contribution in [-0.2, 0) is 16.1 Å². The predicted molar refractivity (Wildman–Crippen MR) is 122 cm³/mol. The Labute approximate surface area is 191 Å². The largest absolute Gasteiger partial charge is 0.395 e. The molecule has 4 rings (SSSR count). The van der Waals surface area contributed by atoms with Crippen LogP contribution < -0.4 is 0 Å². The quantitative estimate of drug-likeness (QED) is 0.389. The molecular formula is C24H26N4O5. The number of piperazine rings is 1. The Hall–Kier alpha value is -3.56. The lowest BCUT2D eigenvalue weighted by Crippen LogP contribution is -2.48. The van der Waals surface area contributed by atoms with Crippen LogP contribution in [0, 0.1) is 17.0 Å². The molecule has 0 unspecified atom stereocenters. The standard InChI is InChI=1S/C24H26N4O5/c1-17-2-4-18(5-3-17)16-27-23(30)21(19-6-8-20(9-7-19)28(32)33)22(24(27)31)26-12-10-25(11-13-26)14-15-29/h2-9,29H,10-16H2,1H3. The number of imide groups is 1. The molecule has 9 nitrogen and oxygen atoms in total. The summed E-state index contributed by atoms with van der Waals surface area (Å²) >= 11 is 0. The van der Waals surface area contributed by atoms with Gasteiger partial charge < -0.3 is 10.0 Å². The number of nitrogens with zero attached hydrogens (tertiary/aromatic N) is 4. The lowest BCUT2D eigenvalue weighted by atomic mass is 10.0. The summed E-state index contributed by atoms with van der Waals surface area (Å²) in [6.07, 6.45) is 0. The zero-order valence-corrected chi connectivity index (χ0v) is 18.4. The van der Waals surface area contributed by atoms with Crippen molar-refractivity contribution in [3.05, 3.63) is 81.0 Å². The van der Waals surface area contributed by atoms with E-state index >= 15 is 0 Å². The number of hydrogen-bond acceptors (Lipinski definition) is 7. The molecule has 0 atom stereocenters. The molecule has 9 heteroatoms. The van der Waals surface area contributed by atoms with Gasteiger partial charge in [0.25, 0.3) is 17.5 Å². The highest BCUT2D eigenvalue weighted by Gasteiger charge is 2.42. The molecule has 0 radical (unpaired) electrons. The van der Waals surface area contributed by atoms with Gasteiger partial charge in [-0.2, -0.15) is 0 Å². The number of rotatable bonds is 7. The Morgan fingerprint density at radius 2 is 1.58 bits per heavy atom. The van der Waals surface area contributed by atoms with Crippen LogP contribution in [0.2, 0.25) is 0 Å². The van der Waals surface area contributed by atoms with E-state index in [0.29, 0.717) is 44.0 Å². The van der Waals surface area contributed by atoms with Crippen LogP contribution >= 0.6 is 0 Å². The molecule has 2 heterocycles. The molecule has 2 aliphatic rings. The van der Waals surface area contributed by atoms with E-state index in [2.05, 4.69) is 4.90 Å². The molecule has 2 amide bonds. The Morgan fingerprint density at radius 3 is 2.15 bits per heavy atom. The second-order valence-electron chi connectivity index (χ2n) is 8.26. The van der Waals surface area contributed by atoms with Crippen molar-refractivity contribution in [1.82, 2.24) is 14.7 Å². The minimum atomic E-state index is -0.495. The van der Waals surface area contributed by atoms with Crippen molar-refractivity contribution in [2.75, 3.05) is 39.3 Å². The smallest absolute Gasteiger partial charge is 0.278 e. The topological polar surface area (TPSA) is 107 Å². The summed E-state index contributed by atoms with van der Waals surface area (Å²) in [5, 5.41) is 20.3. The number of carbonyl (C=O) groups is 2. The molecule has 1 N–H and O–H groups in total. The third-order valence-electron chi connectivity index (χ3n) is 6.08. The van der Waals surface area contributed by atoms with Gasteiger partial charge in [0.1, 0.15) is 5.70 Å². The summed E-state index contributed by atoms with van der Waals surface area (Å²) in [5.74, 6) is -0.758. The van der Waals surface area contributed by atoms with Gasteiger partial charge in [-0.25, -0.2) is 0 Å². The molecule has 33 heavy (non-hydrogen) atoms. The first-order chi connectivity index (χ1) is 15.9. The van der Waals surface area contributed by atoms with E-state index in [1.807, 2.05) is 36.1 Å². The van der Waals surface area contributed by atoms with Crippen molar-refractivity contribution >= 4 is 23.1 Å². The van der Waals surface area contributed by atoms with Crippen molar-refractivity contribution in [3.63, 3.8) is 0 Å². The van der Waals surface area contributed by atoms with E-state index in [-0.39, 0.29) is 30.3 Å². The van der Waals surface area contributed by atoms with Gasteiger partial charge in [0.15, 0.2) is 0 Å². The van der Waals surface area contributed by atoms with Crippen LogP contribution in [-0.4, -0.2) is 75.9 Å². The number of carbonyl (C=O) groups excluding carboxylic acids is 2. The first-order valence-corrected chi connectivity index (χ1v) is 10.9. The van der Waals surface area contributed by atoms with E-state index in [0.717, 1.165) is 11.1 Å². The number of benzene rings is 2. The van der Waals surface area contributed by atoms with Crippen LogP contribution in [0.3, 0.4) is 0 Å². The Bertz CT molecular complexity index is 1090. The summed E-state index contributed by atoms with van der Waals surface area (Å²) in [7, 11) is 0. The Balaban J connectivity index is 1.67. The fourth-order valence-electron chi connectivity index (χ4n) is 4.22. The number of nitro benzene ring substituents is 1. The van der Waals surface area contributed by atoms with Gasteiger partial charge in [-0.15, -0.1) is 0 Å². The monoisotopic (exact) mass is 450 g/mol. The molecule has 0 bridgehead atoms. The van der Waals surface area contributed by atoms with Gasteiger partial charge in [0, 0.05) is 44.9 Å². The number of aliphatic hydroxyl groups excluding tert-OH is 1. The van der Waals surface area contributed by atoms with E-state index in [1.165, 1.54) is 29.2 Å². The van der Waals surface area contributed by atoms with Crippen molar-refractivity contribution in [1.29, 1.82) is 0 Å². The Kier molecular flexibility index (Phi) is 6.52. The predicted octanol–water partition coefficient (Wildman–Crippen LogP) is 1.79. The van der Waals surface area contributed by atoms with Crippen LogP contribution in [0.5, 0.6) is 0 Å². The number of amides is 2. The summed E-state index contributed by atoms with van der Waals surface area (Å²) < 4.78 is 0. The number of hydrogen-bond donors (Lipinski definition) is 1. The molecule has 2 aromatic carbocycles. The molecule has 172 valence electrons. The van der Waals surface area contributed by atoms with Gasteiger partial charge >= 0.3 is 0 Å². The van der Waals surface area contributed by atoms with Gasteiger partial charge in [-0.1, -0.05) is 29.8 Å². The van der Waals surface area contributed by atoms with Gasteiger partial charge in [-0.05, 0) is 30.2 Å². The fraction of sp³-hybridized carbons (Fsp3) is 0.333. The second-order valence-corrected chi connectivity index (χ2v) is 8.26. The van der Waals surface area contributed by atoms with Crippen LogP contribution in [0.4, 0.5) is 5.69 Å². The summed E-state index contributed by atoms with van der Waals surface area (Å²) in [5.41, 5.74) is 2.95. The van der Waals surface area contributed by atoms with Gasteiger partial charge in [0.05, 0.1) is 23.6 Å². The maximum Gasteiger partial charge on any atom is 0.278 e. The highest BCUT2D eigenvalue weighted by molar-refractivity contribution is 6.35. The SMILES string of the molecule is Cc1ccc(CN2C(=O)C(c3ccc([N+](=O)[O-])cc3)=C(N3CCN(CCO)CC3)C2=O)cc1. The van der Waals surface area contributed by atoms with E-state index < -0.39 is 10.8 Å². The minimum absolute atomic E-state index is 0.0679. The van der Waals surface area contributed by atoms with Gasteiger partial charge in [-0.3, -0.25) is 29.5 Å². The maximum absolute atomic E-state index is 13.5. The molecule has 1 fully saturated rings. The summed E-state index contributed by atoms with van der Waals surface area (Å²) in [6.45, 7) is 5.18. The van der Waals surface area contributed by atoms with Crippen LogP contribution in [0.1, 0.15) is 16.7 Å². The zero-order chi connectivity index (χ0) is 23.5. The second kappa shape index (κ2) is 9.51. The lowest BCUT2D eigenvalue weighted by Gasteiger charge is -2.36. The highest BCUT2D eigenvalue weighted by Crippen LogP contribution is 2.34. The molecule has 0 aliphatic carbocycles.